The summed E-state index contributed by atoms with van der Waals surface area (Å²) in [6.07, 6.45) is 0.199. The van der Waals surface area contributed by atoms with Crippen LogP contribution in [0.5, 0.6) is 0 Å². The molecule has 1 aromatic carbocycles. The van der Waals surface area contributed by atoms with Crippen molar-refractivity contribution in [2.75, 3.05) is 20.2 Å². The average Bonchev–Trinajstić information content (AvgIpc) is 2.40. The quantitative estimate of drug-likeness (QED) is 0.656. The van der Waals surface area contributed by atoms with Gasteiger partial charge in [-0.25, -0.2) is 0 Å². The number of hydrogen-bond donors (Lipinski definition) is 0. The molecule has 0 atom stereocenters. The second-order valence-corrected chi connectivity index (χ2v) is 6.96. The number of esters is 1. The molecule has 0 aliphatic heterocycles. The number of benzene rings is 1. The van der Waals surface area contributed by atoms with Crippen molar-refractivity contribution >= 4 is 43.7 Å². The maximum atomic E-state index is 12.6. The molecule has 21 heavy (non-hydrogen) atoms. The molecule has 0 saturated carbocycles. The van der Waals surface area contributed by atoms with E-state index in [9.17, 15) is 9.59 Å². The molecule has 0 fully saturated rings. The van der Waals surface area contributed by atoms with E-state index in [-0.39, 0.29) is 18.3 Å². The van der Waals surface area contributed by atoms with Crippen molar-refractivity contribution in [3.8, 4) is 0 Å². The minimum absolute atomic E-state index is 0.0883. The van der Waals surface area contributed by atoms with Gasteiger partial charge in [0, 0.05) is 27.6 Å². The van der Waals surface area contributed by atoms with E-state index in [0.29, 0.717) is 24.6 Å². The first-order valence-corrected chi connectivity index (χ1v) is 8.24. The predicted molar refractivity (Wildman–Crippen MR) is 89.2 cm³/mol. The van der Waals surface area contributed by atoms with Gasteiger partial charge in [-0.15, -0.1) is 0 Å². The molecule has 4 nitrogen and oxygen atoms in total. The Morgan fingerprint density at radius 3 is 2.24 bits per heavy atom. The zero-order valence-corrected chi connectivity index (χ0v) is 15.5. The van der Waals surface area contributed by atoms with Gasteiger partial charge < -0.3 is 9.64 Å². The molecule has 0 radical (unpaired) electrons. The summed E-state index contributed by atoms with van der Waals surface area (Å²) in [6, 6.07) is 5.43. The van der Waals surface area contributed by atoms with Crippen molar-refractivity contribution in [3.05, 3.63) is 32.7 Å². The zero-order chi connectivity index (χ0) is 16.0. The minimum Gasteiger partial charge on any atom is -0.469 e. The van der Waals surface area contributed by atoms with Crippen LogP contribution in [0.2, 0.25) is 0 Å². The molecule has 116 valence electrons. The van der Waals surface area contributed by atoms with E-state index in [4.69, 9.17) is 0 Å². The molecule has 6 heteroatoms. The highest BCUT2D eigenvalue weighted by Crippen LogP contribution is 2.21. The number of amides is 1. The summed E-state index contributed by atoms with van der Waals surface area (Å²) in [4.78, 5) is 25.6. The van der Waals surface area contributed by atoms with Crippen molar-refractivity contribution in [1.82, 2.24) is 4.90 Å². The first kappa shape index (κ1) is 18.2. The van der Waals surface area contributed by atoms with Gasteiger partial charge in [0.05, 0.1) is 13.5 Å². The fraction of sp³-hybridized carbons (Fsp3) is 0.467. The molecule has 1 rings (SSSR count). The number of carbonyl (C=O) groups excluding carboxylic acids is 2. The summed E-state index contributed by atoms with van der Waals surface area (Å²) in [5.41, 5.74) is 0.585. The third-order valence-electron chi connectivity index (χ3n) is 2.80. The molecular formula is C15H19Br2NO3. The van der Waals surface area contributed by atoms with E-state index in [1.165, 1.54) is 7.11 Å². The maximum absolute atomic E-state index is 12.6. The second kappa shape index (κ2) is 8.54. The molecule has 0 saturated heterocycles. The first-order chi connectivity index (χ1) is 9.83. The number of methoxy groups -OCH3 is 1. The Balaban J connectivity index is 2.90. The average molecular weight is 421 g/mol. The molecule has 1 aromatic rings. The third kappa shape index (κ3) is 6.18. The Hall–Kier alpha value is -0.880. The maximum Gasteiger partial charge on any atom is 0.307 e. The Morgan fingerprint density at radius 2 is 1.76 bits per heavy atom. The van der Waals surface area contributed by atoms with E-state index in [2.05, 4.69) is 36.6 Å². The fourth-order valence-corrected chi connectivity index (χ4v) is 3.20. The van der Waals surface area contributed by atoms with Crippen LogP contribution in [-0.2, 0) is 9.53 Å². The lowest BCUT2D eigenvalue weighted by Crippen LogP contribution is -2.36. The Labute approximate surface area is 142 Å². The van der Waals surface area contributed by atoms with Crippen LogP contribution in [0.4, 0.5) is 0 Å². The van der Waals surface area contributed by atoms with E-state index in [1.807, 2.05) is 19.9 Å². The molecule has 0 bridgehead atoms. The molecule has 0 aromatic heterocycles. The van der Waals surface area contributed by atoms with Crippen molar-refractivity contribution < 1.29 is 14.3 Å². The van der Waals surface area contributed by atoms with Crippen LogP contribution in [0.25, 0.3) is 0 Å². The Morgan fingerprint density at radius 1 is 1.19 bits per heavy atom. The highest BCUT2D eigenvalue weighted by molar-refractivity contribution is 9.11. The summed E-state index contributed by atoms with van der Waals surface area (Å²) in [5.74, 6) is -0.0798. The monoisotopic (exact) mass is 419 g/mol. The van der Waals surface area contributed by atoms with E-state index < -0.39 is 0 Å². The fourth-order valence-electron chi connectivity index (χ4n) is 1.90. The number of rotatable bonds is 6. The number of carbonyl (C=O) groups is 2. The summed E-state index contributed by atoms with van der Waals surface area (Å²) < 4.78 is 6.30. The Kier molecular flexibility index (Phi) is 7.39. The van der Waals surface area contributed by atoms with Crippen molar-refractivity contribution in [1.29, 1.82) is 0 Å². The van der Waals surface area contributed by atoms with Crippen LogP contribution in [0.15, 0.2) is 27.1 Å². The van der Waals surface area contributed by atoms with Gasteiger partial charge in [0.1, 0.15) is 0 Å². The molecular weight excluding hydrogens is 402 g/mol. The molecule has 0 aliphatic rings. The van der Waals surface area contributed by atoms with Gasteiger partial charge in [-0.05, 0) is 24.1 Å². The van der Waals surface area contributed by atoms with Gasteiger partial charge in [-0.3, -0.25) is 9.59 Å². The van der Waals surface area contributed by atoms with Gasteiger partial charge >= 0.3 is 5.97 Å². The van der Waals surface area contributed by atoms with Crippen LogP contribution in [0.3, 0.4) is 0 Å². The van der Waals surface area contributed by atoms with Crippen molar-refractivity contribution in [2.45, 2.75) is 20.3 Å². The molecule has 0 heterocycles. The van der Waals surface area contributed by atoms with Crippen LogP contribution >= 0.6 is 31.9 Å². The number of halogens is 2. The molecule has 1 amide bonds. The highest BCUT2D eigenvalue weighted by Gasteiger charge is 2.19. The first-order valence-electron chi connectivity index (χ1n) is 6.65. The number of hydrogen-bond acceptors (Lipinski definition) is 3. The summed E-state index contributed by atoms with van der Waals surface area (Å²) in [5, 5.41) is 0. The summed E-state index contributed by atoms with van der Waals surface area (Å²) in [6.45, 7) is 5.03. The lowest BCUT2D eigenvalue weighted by Gasteiger charge is -2.24. The second-order valence-electron chi connectivity index (χ2n) is 5.13. The van der Waals surface area contributed by atoms with Gasteiger partial charge in [-0.2, -0.15) is 0 Å². The largest absolute Gasteiger partial charge is 0.469 e. The Bertz CT molecular complexity index is 497. The third-order valence-corrected chi connectivity index (χ3v) is 3.71. The summed E-state index contributed by atoms with van der Waals surface area (Å²) in [7, 11) is 1.35. The standard InChI is InChI=1S/C15H19Br2NO3/c1-10(2)9-18(5-4-14(19)21-3)15(20)11-6-12(16)8-13(17)7-11/h6-8,10H,4-5,9H2,1-3H3. The SMILES string of the molecule is COC(=O)CCN(CC(C)C)C(=O)c1cc(Br)cc(Br)c1. The normalized spacial score (nSPS) is 10.6. The van der Waals surface area contributed by atoms with Gasteiger partial charge in [0.25, 0.3) is 5.91 Å². The lowest BCUT2D eigenvalue weighted by molar-refractivity contribution is -0.140. The highest BCUT2D eigenvalue weighted by atomic mass is 79.9. The molecule has 0 N–H and O–H groups in total. The van der Waals surface area contributed by atoms with Crippen LogP contribution in [0.1, 0.15) is 30.6 Å². The van der Waals surface area contributed by atoms with E-state index in [1.54, 1.807) is 17.0 Å². The molecule has 0 spiro atoms. The van der Waals surface area contributed by atoms with E-state index >= 15 is 0 Å². The van der Waals surface area contributed by atoms with Crippen molar-refractivity contribution in [3.63, 3.8) is 0 Å². The smallest absolute Gasteiger partial charge is 0.307 e. The number of nitrogens with zero attached hydrogens (tertiary/aromatic N) is 1. The number of ether oxygens (including phenoxy) is 1. The predicted octanol–water partition coefficient (Wildman–Crippen LogP) is 3.87. The molecule has 0 aliphatic carbocycles. The molecule has 0 unspecified atom stereocenters. The van der Waals surface area contributed by atoms with Crippen LogP contribution in [0, 0.1) is 5.92 Å². The van der Waals surface area contributed by atoms with Gasteiger partial charge in [-0.1, -0.05) is 45.7 Å². The lowest BCUT2D eigenvalue weighted by atomic mass is 10.1. The van der Waals surface area contributed by atoms with Crippen LogP contribution in [-0.4, -0.2) is 37.0 Å². The van der Waals surface area contributed by atoms with E-state index in [0.717, 1.165) is 8.95 Å². The zero-order valence-electron chi connectivity index (χ0n) is 12.4. The van der Waals surface area contributed by atoms with Crippen LogP contribution < -0.4 is 0 Å². The van der Waals surface area contributed by atoms with Gasteiger partial charge in [0.2, 0.25) is 0 Å². The van der Waals surface area contributed by atoms with Crippen molar-refractivity contribution in [2.24, 2.45) is 5.92 Å². The topological polar surface area (TPSA) is 46.6 Å². The summed E-state index contributed by atoms with van der Waals surface area (Å²) >= 11 is 6.76. The minimum atomic E-state index is -0.313. The van der Waals surface area contributed by atoms with Gasteiger partial charge in [0.15, 0.2) is 0 Å².